The summed E-state index contributed by atoms with van der Waals surface area (Å²) in [5.41, 5.74) is -0.746. The zero-order chi connectivity index (χ0) is 18.0. The number of hydrogen-bond acceptors (Lipinski definition) is 3. The maximum Gasteiger partial charge on any atom is 0.509 e. The van der Waals surface area contributed by atoms with Crippen molar-refractivity contribution in [3.63, 3.8) is 0 Å². The highest BCUT2D eigenvalue weighted by Gasteiger charge is 2.45. The molecule has 4 atom stereocenters. The lowest BCUT2D eigenvalue weighted by atomic mass is 9.71. The van der Waals surface area contributed by atoms with Gasteiger partial charge in [-0.2, -0.15) is 0 Å². The average molecular weight is 339 g/mol. The van der Waals surface area contributed by atoms with Crippen molar-refractivity contribution in [3.05, 3.63) is 0 Å². The quantitative estimate of drug-likeness (QED) is 0.560. The number of hydrogen-bond donors (Lipinski definition) is 0. The lowest BCUT2D eigenvalue weighted by molar-refractivity contribution is -0.134. The van der Waals surface area contributed by atoms with Gasteiger partial charge in [-0.3, -0.25) is 0 Å². The van der Waals surface area contributed by atoms with E-state index in [1.165, 1.54) is 12.8 Å². The van der Waals surface area contributed by atoms with Gasteiger partial charge in [0.05, 0.1) is 0 Å². The molecule has 2 saturated carbocycles. The van der Waals surface area contributed by atoms with Crippen LogP contribution in [0.15, 0.2) is 0 Å². The van der Waals surface area contributed by atoms with Crippen LogP contribution in [0.4, 0.5) is 4.79 Å². The Kier molecular flexibility index (Phi) is 6.25. The third-order valence-corrected chi connectivity index (χ3v) is 6.69. The summed E-state index contributed by atoms with van der Waals surface area (Å²) < 4.78 is 12.0. The number of carbonyl (C=O) groups is 1. The predicted molar refractivity (Wildman–Crippen MR) is 98.0 cm³/mol. The van der Waals surface area contributed by atoms with Gasteiger partial charge in [-0.1, -0.05) is 40.5 Å². The maximum absolute atomic E-state index is 12.7. The molecular formula is C21H38O3. The molecule has 0 bridgehead atoms. The summed E-state index contributed by atoms with van der Waals surface area (Å²) in [4.78, 5) is 12.7. The fourth-order valence-corrected chi connectivity index (χ4v) is 5.39. The summed E-state index contributed by atoms with van der Waals surface area (Å²) in [6, 6.07) is 0. The van der Waals surface area contributed by atoms with E-state index >= 15 is 0 Å². The van der Waals surface area contributed by atoms with Gasteiger partial charge in [0.25, 0.3) is 0 Å². The molecule has 0 heterocycles. The Morgan fingerprint density at radius 3 is 1.50 bits per heavy atom. The van der Waals surface area contributed by atoms with Crippen LogP contribution in [0.25, 0.3) is 0 Å². The van der Waals surface area contributed by atoms with Gasteiger partial charge < -0.3 is 9.47 Å². The van der Waals surface area contributed by atoms with Crippen molar-refractivity contribution in [2.75, 3.05) is 0 Å². The van der Waals surface area contributed by atoms with E-state index in [1.807, 2.05) is 0 Å². The minimum absolute atomic E-state index is 0.373. The van der Waals surface area contributed by atoms with Crippen molar-refractivity contribution in [3.8, 4) is 0 Å². The van der Waals surface area contributed by atoms with Crippen LogP contribution in [-0.4, -0.2) is 17.4 Å². The molecule has 0 aliphatic heterocycles. The third kappa shape index (κ3) is 4.26. The largest absolute Gasteiger partial charge is 0.509 e. The Morgan fingerprint density at radius 2 is 1.17 bits per heavy atom. The Labute approximate surface area is 148 Å². The molecule has 0 amide bonds. The van der Waals surface area contributed by atoms with Crippen LogP contribution in [0.3, 0.4) is 0 Å². The predicted octanol–water partition coefficient (Wildman–Crippen LogP) is 6.35. The van der Waals surface area contributed by atoms with Gasteiger partial charge in [0, 0.05) is 11.8 Å². The second kappa shape index (κ2) is 7.66. The second-order valence-electron chi connectivity index (χ2n) is 9.27. The fourth-order valence-electron chi connectivity index (χ4n) is 5.39. The van der Waals surface area contributed by atoms with Gasteiger partial charge in [-0.15, -0.1) is 0 Å². The van der Waals surface area contributed by atoms with Crippen molar-refractivity contribution < 1.29 is 14.3 Å². The third-order valence-electron chi connectivity index (χ3n) is 6.69. The molecule has 0 spiro atoms. The number of carbonyl (C=O) groups excluding carboxylic acids is 1. The molecule has 0 aromatic heterocycles. The molecule has 0 aromatic carbocycles. The van der Waals surface area contributed by atoms with Crippen LogP contribution in [-0.2, 0) is 9.47 Å². The van der Waals surface area contributed by atoms with E-state index in [-0.39, 0.29) is 11.2 Å². The van der Waals surface area contributed by atoms with E-state index in [9.17, 15) is 4.79 Å². The van der Waals surface area contributed by atoms with Crippen LogP contribution in [0, 0.1) is 23.7 Å². The zero-order valence-corrected chi connectivity index (χ0v) is 16.7. The molecule has 3 heteroatoms. The van der Waals surface area contributed by atoms with Gasteiger partial charge in [0.1, 0.15) is 11.2 Å². The Bertz CT molecular complexity index is 393. The van der Waals surface area contributed by atoms with Crippen molar-refractivity contribution in [1.29, 1.82) is 0 Å². The van der Waals surface area contributed by atoms with Gasteiger partial charge in [0.15, 0.2) is 0 Å². The Morgan fingerprint density at radius 1 is 0.792 bits per heavy atom. The molecule has 0 N–H and O–H groups in total. The molecule has 3 nitrogen and oxygen atoms in total. The second-order valence-corrected chi connectivity index (χ2v) is 9.27. The van der Waals surface area contributed by atoms with Gasteiger partial charge in [0.2, 0.25) is 0 Å². The summed E-state index contributed by atoms with van der Waals surface area (Å²) in [7, 11) is 0. The molecule has 0 radical (unpaired) electrons. The summed E-state index contributed by atoms with van der Waals surface area (Å²) in [5.74, 6) is 1.91. The van der Waals surface area contributed by atoms with Crippen LogP contribution in [0.5, 0.6) is 0 Å². The number of ether oxygens (including phenoxy) is 2. The van der Waals surface area contributed by atoms with Crippen LogP contribution in [0.1, 0.15) is 92.9 Å². The molecular weight excluding hydrogens is 300 g/mol. The van der Waals surface area contributed by atoms with Crippen molar-refractivity contribution in [2.24, 2.45) is 23.7 Å². The summed E-state index contributed by atoms with van der Waals surface area (Å²) in [6.07, 6.45) is 8.51. The maximum atomic E-state index is 12.7. The fraction of sp³-hybridized carbons (Fsp3) is 0.952. The summed E-state index contributed by atoms with van der Waals surface area (Å²) in [5, 5.41) is 0. The van der Waals surface area contributed by atoms with E-state index in [1.54, 1.807) is 0 Å². The molecule has 2 aliphatic carbocycles. The van der Waals surface area contributed by atoms with E-state index in [0.717, 1.165) is 38.5 Å². The standard InChI is InChI=1S/C21H38O3/c1-15(2)17-11-7-9-13-20(17,5)23-19(22)24-21(6)14-10-8-12-18(21)16(3)4/h15-18H,7-14H2,1-6H3. The highest BCUT2D eigenvalue weighted by atomic mass is 16.7. The first-order valence-electron chi connectivity index (χ1n) is 10.1. The smallest absolute Gasteiger partial charge is 0.428 e. The first-order chi connectivity index (χ1) is 11.2. The SMILES string of the molecule is CC(C)C1CCCCC1(C)OC(=O)OC1(C)CCCCC1C(C)C. The Balaban J connectivity index is 2.05. The van der Waals surface area contributed by atoms with Gasteiger partial charge in [-0.25, -0.2) is 4.79 Å². The molecule has 4 unspecified atom stereocenters. The molecule has 2 aliphatic rings. The lowest BCUT2D eigenvalue weighted by Crippen LogP contribution is -2.48. The molecule has 2 rings (SSSR count). The summed E-state index contributed by atoms with van der Waals surface area (Å²) >= 11 is 0. The van der Waals surface area contributed by atoms with Crippen molar-refractivity contribution in [2.45, 2.75) is 104 Å². The molecule has 0 saturated heterocycles. The monoisotopic (exact) mass is 338 g/mol. The van der Waals surface area contributed by atoms with Crippen molar-refractivity contribution >= 4 is 6.16 Å². The first kappa shape index (κ1) is 19.6. The topological polar surface area (TPSA) is 35.5 Å². The van der Waals surface area contributed by atoms with Gasteiger partial charge in [-0.05, 0) is 64.2 Å². The van der Waals surface area contributed by atoms with E-state index in [0.29, 0.717) is 23.7 Å². The molecule has 0 aromatic rings. The van der Waals surface area contributed by atoms with Crippen LogP contribution >= 0.6 is 0 Å². The number of rotatable bonds is 4. The lowest BCUT2D eigenvalue weighted by Gasteiger charge is -2.45. The molecule has 2 fully saturated rings. The molecule has 140 valence electrons. The van der Waals surface area contributed by atoms with E-state index in [2.05, 4.69) is 41.5 Å². The zero-order valence-electron chi connectivity index (χ0n) is 16.7. The van der Waals surface area contributed by atoms with E-state index in [4.69, 9.17) is 9.47 Å². The van der Waals surface area contributed by atoms with Crippen LogP contribution < -0.4 is 0 Å². The minimum Gasteiger partial charge on any atom is -0.428 e. The molecule has 24 heavy (non-hydrogen) atoms. The average Bonchev–Trinajstić information content (AvgIpc) is 2.46. The van der Waals surface area contributed by atoms with Gasteiger partial charge >= 0.3 is 6.16 Å². The first-order valence-corrected chi connectivity index (χ1v) is 10.1. The minimum atomic E-state index is -0.444. The normalized spacial score (nSPS) is 37.5. The van der Waals surface area contributed by atoms with Crippen LogP contribution in [0.2, 0.25) is 0 Å². The van der Waals surface area contributed by atoms with Crippen molar-refractivity contribution in [1.82, 2.24) is 0 Å². The highest BCUT2D eigenvalue weighted by molar-refractivity contribution is 5.61. The Hall–Kier alpha value is -0.730. The highest BCUT2D eigenvalue weighted by Crippen LogP contribution is 2.44. The summed E-state index contributed by atoms with van der Waals surface area (Å²) in [6.45, 7) is 13.2. The van der Waals surface area contributed by atoms with E-state index < -0.39 is 6.16 Å².